The molecule has 3 heterocycles. The van der Waals surface area contributed by atoms with Crippen LogP contribution in [-0.2, 0) is 0 Å². The van der Waals surface area contributed by atoms with Gasteiger partial charge < -0.3 is 20.7 Å². The van der Waals surface area contributed by atoms with Gasteiger partial charge in [0.25, 0.3) is 0 Å². The maximum absolute atomic E-state index is 10.3. The van der Waals surface area contributed by atoms with Gasteiger partial charge >= 0.3 is 0 Å². The molecule has 120 valence electrons. The molecule has 22 heavy (non-hydrogen) atoms. The van der Waals surface area contributed by atoms with Crippen molar-refractivity contribution in [1.29, 1.82) is 0 Å². The summed E-state index contributed by atoms with van der Waals surface area (Å²) in [6.45, 7) is 3.71. The van der Waals surface area contributed by atoms with Crippen molar-refractivity contribution in [3.8, 4) is 0 Å². The number of unbranched alkanes of at least 4 members (excludes halogenated alkanes) is 1. The Morgan fingerprint density at radius 2 is 2.32 bits per heavy atom. The summed E-state index contributed by atoms with van der Waals surface area (Å²) in [5.41, 5.74) is 8.47. The summed E-state index contributed by atoms with van der Waals surface area (Å²) in [7, 11) is 0. The second kappa shape index (κ2) is 6.75. The van der Waals surface area contributed by atoms with Gasteiger partial charge in [-0.25, -0.2) is 9.97 Å². The van der Waals surface area contributed by atoms with Crippen LogP contribution >= 0.6 is 11.8 Å². The predicted molar refractivity (Wildman–Crippen MR) is 92.2 cm³/mol. The Hall–Kier alpha value is -1.47. The fourth-order valence-corrected chi connectivity index (χ4v) is 4.17. The van der Waals surface area contributed by atoms with Crippen LogP contribution in [-0.4, -0.2) is 50.8 Å². The zero-order valence-electron chi connectivity index (χ0n) is 12.8. The Morgan fingerprint density at radius 3 is 3.14 bits per heavy atom. The van der Waals surface area contributed by atoms with Crippen LogP contribution in [0.4, 0.5) is 11.5 Å². The minimum Gasteiger partial charge on any atom is -0.391 e. The van der Waals surface area contributed by atoms with Crippen LogP contribution in [0.25, 0.3) is 11.0 Å². The number of aromatic nitrogens is 3. The molecular weight excluding hydrogens is 298 g/mol. The molecule has 1 aliphatic heterocycles. The van der Waals surface area contributed by atoms with Gasteiger partial charge in [0.05, 0.1) is 11.8 Å². The molecule has 7 heteroatoms. The maximum atomic E-state index is 10.3. The van der Waals surface area contributed by atoms with Gasteiger partial charge in [0.2, 0.25) is 0 Å². The summed E-state index contributed by atoms with van der Waals surface area (Å²) in [5.74, 6) is 2.96. The van der Waals surface area contributed by atoms with E-state index in [2.05, 4.69) is 26.8 Å². The first-order valence-electron chi connectivity index (χ1n) is 7.79. The third-order valence-corrected chi connectivity index (χ3v) is 5.43. The molecule has 1 aliphatic rings. The van der Waals surface area contributed by atoms with Crippen molar-refractivity contribution < 1.29 is 5.11 Å². The Morgan fingerprint density at radius 1 is 1.45 bits per heavy atom. The highest BCUT2D eigenvalue weighted by Crippen LogP contribution is 2.32. The third-order valence-electron chi connectivity index (χ3n) is 4.19. The standard InChI is InChI=1S/C15H23N5OS/c1-2-3-4-22-8-10-6-20(7-12(10)21)11-5-17-14-13(11)18-9-19-15(14)16/h5,9-10,12,17,21H,2-4,6-8H2,1H3,(H2,16,18,19)/t10-,12+/m1/s1. The van der Waals surface area contributed by atoms with Gasteiger partial charge in [0.1, 0.15) is 17.4 Å². The molecule has 0 unspecified atom stereocenters. The van der Waals surface area contributed by atoms with E-state index in [1.807, 2.05) is 18.0 Å². The predicted octanol–water partition coefficient (Wildman–Crippen LogP) is 1.87. The molecule has 0 amide bonds. The van der Waals surface area contributed by atoms with Gasteiger partial charge in [-0.1, -0.05) is 13.3 Å². The largest absolute Gasteiger partial charge is 0.391 e. The molecule has 2 aromatic heterocycles. The van der Waals surface area contributed by atoms with Gasteiger partial charge in [-0.15, -0.1) is 0 Å². The van der Waals surface area contributed by atoms with Gasteiger partial charge in [0.15, 0.2) is 5.82 Å². The lowest BCUT2D eigenvalue weighted by molar-refractivity contribution is 0.159. The minimum atomic E-state index is -0.279. The van der Waals surface area contributed by atoms with E-state index < -0.39 is 0 Å². The number of nitrogens with zero attached hydrogens (tertiary/aromatic N) is 3. The fraction of sp³-hybridized carbons (Fsp3) is 0.600. The maximum Gasteiger partial charge on any atom is 0.151 e. The minimum absolute atomic E-state index is 0.279. The lowest BCUT2D eigenvalue weighted by atomic mass is 10.1. The summed E-state index contributed by atoms with van der Waals surface area (Å²) < 4.78 is 0. The average Bonchev–Trinajstić information content (AvgIpc) is 3.08. The first-order valence-corrected chi connectivity index (χ1v) is 8.94. The highest BCUT2D eigenvalue weighted by molar-refractivity contribution is 7.99. The first kappa shape index (κ1) is 15.4. The molecule has 1 fully saturated rings. The van der Waals surface area contributed by atoms with Crippen LogP contribution < -0.4 is 10.6 Å². The smallest absolute Gasteiger partial charge is 0.151 e. The van der Waals surface area contributed by atoms with Crippen molar-refractivity contribution in [2.45, 2.75) is 25.9 Å². The second-order valence-electron chi connectivity index (χ2n) is 5.82. The number of rotatable bonds is 6. The van der Waals surface area contributed by atoms with Crippen LogP contribution in [0.5, 0.6) is 0 Å². The number of H-pyrrole nitrogens is 1. The fourth-order valence-electron chi connectivity index (χ4n) is 2.88. The molecule has 0 spiro atoms. The van der Waals surface area contributed by atoms with Gasteiger partial charge in [-0.2, -0.15) is 11.8 Å². The lowest BCUT2D eigenvalue weighted by Gasteiger charge is -2.16. The quantitative estimate of drug-likeness (QED) is 0.704. The second-order valence-corrected chi connectivity index (χ2v) is 6.97. The van der Waals surface area contributed by atoms with E-state index in [0.717, 1.165) is 29.0 Å². The van der Waals surface area contributed by atoms with E-state index in [1.54, 1.807) is 0 Å². The molecule has 4 N–H and O–H groups in total. The van der Waals surface area contributed by atoms with E-state index >= 15 is 0 Å². The molecule has 0 aromatic carbocycles. The molecule has 0 saturated carbocycles. The van der Waals surface area contributed by atoms with Crippen molar-refractivity contribution in [2.24, 2.45) is 5.92 Å². The summed E-state index contributed by atoms with van der Waals surface area (Å²) in [6, 6.07) is 0. The van der Waals surface area contributed by atoms with E-state index in [9.17, 15) is 5.11 Å². The number of nitrogens with two attached hydrogens (primary N) is 1. The van der Waals surface area contributed by atoms with Crippen LogP contribution in [0.1, 0.15) is 19.8 Å². The van der Waals surface area contributed by atoms with Crippen molar-refractivity contribution in [3.63, 3.8) is 0 Å². The van der Waals surface area contributed by atoms with Gasteiger partial charge in [-0.05, 0) is 12.2 Å². The Kier molecular flexibility index (Phi) is 4.73. The molecule has 3 rings (SSSR count). The van der Waals surface area contributed by atoms with E-state index in [-0.39, 0.29) is 6.10 Å². The first-order chi connectivity index (χ1) is 10.7. The van der Waals surface area contributed by atoms with E-state index in [1.165, 1.54) is 24.9 Å². The number of fused-ring (bicyclic) bond motifs is 1. The third kappa shape index (κ3) is 3.01. The molecular formula is C15H23N5OS. The summed E-state index contributed by atoms with van der Waals surface area (Å²) >= 11 is 1.94. The summed E-state index contributed by atoms with van der Waals surface area (Å²) in [5, 5.41) is 10.3. The molecule has 2 aromatic rings. The highest BCUT2D eigenvalue weighted by atomic mass is 32.2. The SMILES string of the molecule is CCCCSC[C@H]1CN(c2c[nH]c3c(N)ncnc23)C[C@@H]1O. The number of nitrogens with one attached hydrogen (secondary N) is 1. The highest BCUT2D eigenvalue weighted by Gasteiger charge is 2.32. The normalized spacial score (nSPS) is 21.8. The Bertz CT molecular complexity index is 631. The van der Waals surface area contributed by atoms with Crippen molar-refractivity contribution in [1.82, 2.24) is 15.0 Å². The monoisotopic (exact) mass is 321 g/mol. The van der Waals surface area contributed by atoms with Crippen LogP contribution in [0.3, 0.4) is 0 Å². The van der Waals surface area contributed by atoms with Crippen molar-refractivity contribution in [2.75, 3.05) is 35.2 Å². The van der Waals surface area contributed by atoms with E-state index in [4.69, 9.17) is 5.73 Å². The number of thioether (sulfide) groups is 1. The molecule has 0 bridgehead atoms. The van der Waals surface area contributed by atoms with Crippen molar-refractivity contribution in [3.05, 3.63) is 12.5 Å². The molecule has 2 atom stereocenters. The number of hydrogen-bond acceptors (Lipinski definition) is 6. The van der Waals surface area contributed by atoms with E-state index in [0.29, 0.717) is 18.3 Å². The zero-order chi connectivity index (χ0) is 15.5. The topological polar surface area (TPSA) is 91.1 Å². The van der Waals surface area contributed by atoms with Gasteiger partial charge in [-0.3, -0.25) is 0 Å². The van der Waals surface area contributed by atoms with Crippen LogP contribution in [0.15, 0.2) is 12.5 Å². The van der Waals surface area contributed by atoms with Crippen LogP contribution in [0.2, 0.25) is 0 Å². The van der Waals surface area contributed by atoms with Crippen LogP contribution in [0, 0.1) is 5.92 Å². The number of nitrogen functional groups attached to an aromatic ring is 1. The zero-order valence-corrected chi connectivity index (χ0v) is 13.6. The molecule has 0 aliphatic carbocycles. The molecule has 1 saturated heterocycles. The lowest BCUT2D eigenvalue weighted by Crippen LogP contribution is -2.21. The van der Waals surface area contributed by atoms with Crippen molar-refractivity contribution >= 4 is 34.3 Å². The number of aromatic amines is 1. The number of hydrogen-bond donors (Lipinski definition) is 3. The molecule has 6 nitrogen and oxygen atoms in total. The number of β-amino-alcohol motifs (C(OH)–C–C–N with tert-alkyl or cyclic N) is 1. The number of aliphatic hydroxyl groups excluding tert-OH is 1. The molecule has 0 radical (unpaired) electrons. The Labute approximate surface area is 134 Å². The Balaban J connectivity index is 1.69. The summed E-state index contributed by atoms with van der Waals surface area (Å²) in [4.78, 5) is 13.7. The number of anilines is 2. The average molecular weight is 321 g/mol. The van der Waals surface area contributed by atoms with Gasteiger partial charge in [0, 0.05) is 31.0 Å². The number of aliphatic hydroxyl groups is 1. The summed E-state index contributed by atoms with van der Waals surface area (Å²) in [6.07, 6.45) is 5.59.